The Morgan fingerprint density at radius 2 is 2.06 bits per heavy atom. The molecular weight excluding hydrogens is 214 g/mol. The Morgan fingerprint density at radius 3 is 2.53 bits per heavy atom. The van der Waals surface area contributed by atoms with Crippen LogP contribution in [0.5, 0.6) is 0 Å². The largest absolute Gasteiger partial charge is 0.481 e. The van der Waals surface area contributed by atoms with Gasteiger partial charge in [-0.3, -0.25) is 4.79 Å². The second-order valence-electron chi connectivity index (χ2n) is 5.04. The summed E-state index contributed by atoms with van der Waals surface area (Å²) in [5.74, 6) is -0.683. The first kappa shape index (κ1) is 12.1. The molecule has 3 heteroatoms. The molecule has 1 unspecified atom stereocenters. The third kappa shape index (κ3) is 1.95. The van der Waals surface area contributed by atoms with Crippen molar-refractivity contribution in [1.29, 1.82) is 0 Å². The highest BCUT2D eigenvalue weighted by Crippen LogP contribution is 2.55. The second-order valence-corrected chi connectivity index (χ2v) is 5.04. The van der Waals surface area contributed by atoms with Gasteiger partial charge in [-0.05, 0) is 44.9 Å². The molecule has 0 spiro atoms. The molecule has 1 aliphatic rings. The fraction of sp³-hybridized carbons (Fsp3) is 0.500. The Balaban J connectivity index is 2.42. The molecule has 1 aliphatic carbocycles. The fourth-order valence-corrected chi connectivity index (χ4v) is 2.56. The van der Waals surface area contributed by atoms with E-state index >= 15 is 0 Å². The van der Waals surface area contributed by atoms with Gasteiger partial charge < -0.3 is 10.4 Å². The lowest BCUT2D eigenvalue weighted by molar-refractivity contribution is -0.144. The fourth-order valence-electron chi connectivity index (χ4n) is 2.56. The molecule has 1 fully saturated rings. The summed E-state index contributed by atoms with van der Waals surface area (Å²) < 4.78 is 0. The minimum absolute atomic E-state index is 0.0834. The van der Waals surface area contributed by atoms with Gasteiger partial charge in [0.2, 0.25) is 0 Å². The number of carboxylic acid groups (broad SMARTS) is 1. The Morgan fingerprint density at radius 1 is 1.41 bits per heavy atom. The zero-order valence-corrected chi connectivity index (χ0v) is 10.6. The molecule has 0 saturated heterocycles. The van der Waals surface area contributed by atoms with Gasteiger partial charge in [0, 0.05) is 6.04 Å². The molecule has 17 heavy (non-hydrogen) atoms. The van der Waals surface area contributed by atoms with Gasteiger partial charge in [0.15, 0.2) is 0 Å². The van der Waals surface area contributed by atoms with E-state index in [1.165, 1.54) is 5.56 Å². The Kier molecular flexibility index (Phi) is 2.96. The van der Waals surface area contributed by atoms with Crippen LogP contribution in [-0.2, 0) is 4.79 Å². The van der Waals surface area contributed by atoms with E-state index < -0.39 is 11.4 Å². The lowest BCUT2D eigenvalue weighted by Crippen LogP contribution is -2.33. The summed E-state index contributed by atoms with van der Waals surface area (Å²) in [6, 6.07) is 6.14. The van der Waals surface area contributed by atoms with Crippen LogP contribution in [0, 0.1) is 19.3 Å². The number of nitrogens with one attached hydrogen (secondary N) is 1. The van der Waals surface area contributed by atoms with Gasteiger partial charge in [0.25, 0.3) is 0 Å². The molecule has 1 aromatic carbocycles. The third-order valence-corrected chi connectivity index (χ3v) is 3.80. The van der Waals surface area contributed by atoms with Crippen molar-refractivity contribution in [2.45, 2.75) is 32.7 Å². The molecule has 0 aromatic heterocycles. The SMILES string of the molecule is CNC(c1cc(C)ccc1C)C1(C(=O)O)CC1. The van der Waals surface area contributed by atoms with Crippen LogP contribution in [0.4, 0.5) is 0 Å². The van der Waals surface area contributed by atoms with Crippen molar-refractivity contribution in [3.63, 3.8) is 0 Å². The van der Waals surface area contributed by atoms with Crippen LogP contribution in [-0.4, -0.2) is 18.1 Å². The molecule has 2 rings (SSSR count). The van der Waals surface area contributed by atoms with Crippen molar-refractivity contribution in [2.24, 2.45) is 5.41 Å². The van der Waals surface area contributed by atoms with Crippen LogP contribution in [0.15, 0.2) is 18.2 Å². The summed E-state index contributed by atoms with van der Waals surface area (Å²) >= 11 is 0. The summed E-state index contributed by atoms with van der Waals surface area (Å²) in [5, 5.41) is 12.6. The van der Waals surface area contributed by atoms with E-state index in [0.29, 0.717) is 0 Å². The smallest absolute Gasteiger partial charge is 0.311 e. The van der Waals surface area contributed by atoms with Crippen LogP contribution < -0.4 is 5.32 Å². The highest BCUT2D eigenvalue weighted by Gasteiger charge is 2.56. The van der Waals surface area contributed by atoms with Gasteiger partial charge in [0.1, 0.15) is 0 Å². The number of hydrogen-bond acceptors (Lipinski definition) is 2. The first-order valence-electron chi connectivity index (χ1n) is 5.99. The number of hydrogen-bond donors (Lipinski definition) is 2. The summed E-state index contributed by atoms with van der Waals surface area (Å²) in [4.78, 5) is 11.4. The lowest BCUT2D eigenvalue weighted by Gasteiger charge is -2.25. The van der Waals surface area contributed by atoms with Gasteiger partial charge in [-0.2, -0.15) is 0 Å². The predicted octanol–water partition coefficient (Wildman–Crippen LogP) is 2.43. The molecule has 0 aliphatic heterocycles. The topological polar surface area (TPSA) is 49.3 Å². The lowest BCUT2D eigenvalue weighted by atomic mass is 9.87. The molecule has 0 heterocycles. The van der Waals surface area contributed by atoms with Crippen molar-refractivity contribution in [2.75, 3.05) is 7.05 Å². The zero-order chi connectivity index (χ0) is 12.6. The second kappa shape index (κ2) is 4.15. The number of aliphatic carboxylic acids is 1. The molecule has 1 aromatic rings. The van der Waals surface area contributed by atoms with Gasteiger partial charge in [-0.1, -0.05) is 23.8 Å². The standard InChI is InChI=1S/C14H19NO2/c1-9-4-5-10(2)11(8-9)12(15-3)14(6-7-14)13(16)17/h4-5,8,12,15H,6-7H2,1-3H3,(H,16,17). The number of benzene rings is 1. The van der Waals surface area contributed by atoms with E-state index in [1.54, 1.807) is 0 Å². The van der Waals surface area contributed by atoms with Gasteiger partial charge >= 0.3 is 5.97 Å². The predicted molar refractivity (Wildman–Crippen MR) is 67.0 cm³/mol. The molecule has 1 atom stereocenters. The molecule has 2 N–H and O–H groups in total. The van der Waals surface area contributed by atoms with Crippen LogP contribution >= 0.6 is 0 Å². The average molecular weight is 233 g/mol. The van der Waals surface area contributed by atoms with Crippen molar-refractivity contribution >= 4 is 5.97 Å². The van der Waals surface area contributed by atoms with Crippen molar-refractivity contribution < 1.29 is 9.90 Å². The third-order valence-electron chi connectivity index (χ3n) is 3.80. The monoisotopic (exact) mass is 233 g/mol. The summed E-state index contributed by atoms with van der Waals surface area (Å²) in [5.41, 5.74) is 2.86. The minimum Gasteiger partial charge on any atom is -0.481 e. The maximum Gasteiger partial charge on any atom is 0.311 e. The van der Waals surface area contributed by atoms with Crippen LogP contribution in [0.1, 0.15) is 35.6 Å². The van der Waals surface area contributed by atoms with Crippen molar-refractivity contribution in [3.8, 4) is 0 Å². The minimum atomic E-state index is -0.683. The van der Waals surface area contributed by atoms with E-state index in [-0.39, 0.29) is 6.04 Å². The molecule has 1 saturated carbocycles. The number of carbonyl (C=O) groups is 1. The van der Waals surface area contributed by atoms with E-state index in [2.05, 4.69) is 23.5 Å². The Labute approximate surface area is 102 Å². The van der Waals surface area contributed by atoms with Crippen molar-refractivity contribution in [3.05, 3.63) is 34.9 Å². The van der Waals surface area contributed by atoms with E-state index in [0.717, 1.165) is 24.0 Å². The summed E-state index contributed by atoms with van der Waals surface area (Å²) in [6.45, 7) is 4.08. The Bertz CT molecular complexity index is 450. The normalized spacial score (nSPS) is 18.8. The van der Waals surface area contributed by atoms with E-state index in [4.69, 9.17) is 0 Å². The van der Waals surface area contributed by atoms with Crippen LogP contribution in [0.2, 0.25) is 0 Å². The molecule has 0 radical (unpaired) electrons. The number of carboxylic acids is 1. The number of aryl methyl sites for hydroxylation is 2. The number of rotatable bonds is 4. The van der Waals surface area contributed by atoms with E-state index in [1.807, 2.05) is 20.9 Å². The first-order chi connectivity index (χ1) is 8.01. The van der Waals surface area contributed by atoms with E-state index in [9.17, 15) is 9.90 Å². The highest BCUT2D eigenvalue weighted by atomic mass is 16.4. The van der Waals surface area contributed by atoms with Gasteiger partial charge in [0.05, 0.1) is 5.41 Å². The maximum absolute atomic E-state index is 11.4. The van der Waals surface area contributed by atoms with Gasteiger partial charge in [-0.15, -0.1) is 0 Å². The molecular formula is C14H19NO2. The molecule has 0 bridgehead atoms. The van der Waals surface area contributed by atoms with Gasteiger partial charge in [-0.25, -0.2) is 0 Å². The summed E-state index contributed by atoms with van der Waals surface area (Å²) in [7, 11) is 1.84. The summed E-state index contributed by atoms with van der Waals surface area (Å²) in [6.07, 6.45) is 1.53. The molecule has 0 amide bonds. The first-order valence-corrected chi connectivity index (χ1v) is 5.99. The van der Waals surface area contributed by atoms with Crippen molar-refractivity contribution in [1.82, 2.24) is 5.32 Å². The Hall–Kier alpha value is -1.35. The highest BCUT2D eigenvalue weighted by molar-refractivity contribution is 5.79. The quantitative estimate of drug-likeness (QED) is 0.839. The maximum atomic E-state index is 11.4. The molecule has 92 valence electrons. The van der Waals surface area contributed by atoms with Crippen LogP contribution in [0.3, 0.4) is 0 Å². The zero-order valence-electron chi connectivity index (χ0n) is 10.6. The van der Waals surface area contributed by atoms with Crippen LogP contribution in [0.25, 0.3) is 0 Å². The average Bonchev–Trinajstić information content (AvgIpc) is 3.06. The molecule has 3 nitrogen and oxygen atoms in total.